The molecule has 138 valence electrons. The largest absolute Gasteiger partial charge is 0.457 e. The normalized spacial score (nSPS) is 15.7. The minimum atomic E-state index is -0.504. The summed E-state index contributed by atoms with van der Waals surface area (Å²) in [4.78, 5) is 19.4. The van der Waals surface area contributed by atoms with Crippen molar-refractivity contribution >= 4 is 28.6 Å². The molecule has 0 saturated heterocycles. The predicted molar refractivity (Wildman–Crippen MR) is 104 cm³/mol. The van der Waals surface area contributed by atoms with Crippen LogP contribution in [0.15, 0.2) is 70.1 Å². The van der Waals surface area contributed by atoms with Gasteiger partial charge in [-0.1, -0.05) is 12.1 Å². The smallest absolute Gasteiger partial charge is 0.269 e. The number of nitrogens with zero attached hydrogens (tertiary/aromatic N) is 4. The number of nitrogens with one attached hydrogen (secondary N) is 1. The van der Waals surface area contributed by atoms with Crippen LogP contribution in [0.2, 0.25) is 0 Å². The molecule has 1 aliphatic heterocycles. The van der Waals surface area contributed by atoms with E-state index in [0.717, 1.165) is 16.6 Å². The van der Waals surface area contributed by atoms with E-state index in [0.29, 0.717) is 17.5 Å². The molecule has 3 heterocycles. The summed E-state index contributed by atoms with van der Waals surface area (Å²) in [5, 5.41) is 13.8. The molecule has 0 bridgehead atoms. The van der Waals surface area contributed by atoms with E-state index in [4.69, 9.17) is 10.2 Å². The number of nitrogens with two attached hydrogens (primary N) is 1. The lowest BCUT2D eigenvalue weighted by atomic mass is 10.1. The van der Waals surface area contributed by atoms with Gasteiger partial charge in [0.05, 0.1) is 16.0 Å². The molecule has 9 nitrogen and oxygen atoms in total. The Hall–Kier alpha value is -4.14. The number of rotatable bonds is 3. The molecule has 3 N–H and O–H groups in total. The van der Waals surface area contributed by atoms with E-state index in [2.05, 4.69) is 15.3 Å². The van der Waals surface area contributed by atoms with Crippen LogP contribution in [0.5, 0.6) is 0 Å². The molecule has 0 aliphatic carbocycles. The average Bonchev–Trinajstić information content (AvgIpc) is 3.32. The Morgan fingerprint density at radius 1 is 1.11 bits per heavy atom. The first-order chi connectivity index (χ1) is 13.6. The minimum absolute atomic E-state index is 0.0285. The summed E-state index contributed by atoms with van der Waals surface area (Å²) in [5.41, 5.74) is 8.43. The number of imidazole rings is 1. The lowest BCUT2D eigenvalue weighted by molar-refractivity contribution is -0.384. The highest BCUT2D eigenvalue weighted by molar-refractivity contribution is 5.94. The third-order valence-electron chi connectivity index (χ3n) is 4.59. The topological polar surface area (TPSA) is 125 Å². The van der Waals surface area contributed by atoms with Gasteiger partial charge in [-0.2, -0.15) is 0 Å². The van der Waals surface area contributed by atoms with Gasteiger partial charge in [0.15, 0.2) is 12.1 Å². The molecule has 5 rings (SSSR count). The lowest BCUT2D eigenvalue weighted by Crippen LogP contribution is -2.31. The van der Waals surface area contributed by atoms with Gasteiger partial charge in [-0.05, 0) is 36.4 Å². The van der Waals surface area contributed by atoms with E-state index >= 15 is 0 Å². The fraction of sp³-hybridized carbons (Fsp3) is 0.0526. The van der Waals surface area contributed by atoms with Crippen molar-refractivity contribution in [1.82, 2.24) is 9.55 Å². The second kappa shape index (κ2) is 5.95. The van der Waals surface area contributed by atoms with Crippen LogP contribution in [0, 0.1) is 10.1 Å². The Morgan fingerprint density at radius 2 is 1.89 bits per heavy atom. The first-order valence-corrected chi connectivity index (χ1v) is 8.52. The van der Waals surface area contributed by atoms with Crippen LogP contribution in [-0.2, 0) is 0 Å². The summed E-state index contributed by atoms with van der Waals surface area (Å²) in [5.74, 6) is 2.01. The van der Waals surface area contributed by atoms with Crippen LogP contribution in [0.3, 0.4) is 0 Å². The number of furan rings is 1. The van der Waals surface area contributed by atoms with Crippen LogP contribution >= 0.6 is 0 Å². The number of hydrogen-bond acceptors (Lipinski definition) is 7. The second-order valence-electron chi connectivity index (χ2n) is 6.31. The molecule has 2 aromatic carbocycles. The number of benzene rings is 2. The van der Waals surface area contributed by atoms with Gasteiger partial charge in [0.1, 0.15) is 11.5 Å². The van der Waals surface area contributed by atoms with Gasteiger partial charge in [-0.15, -0.1) is 0 Å². The summed E-state index contributed by atoms with van der Waals surface area (Å²) in [7, 11) is 0. The molecule has 28 heavy (non-hydrogen) atoms. The fourth-order valence-electron chi connectivity index (χ4n) is 3.30. The standard InChI is InChI=1S/C19H14N6O3/c20-18-22-17(24-14-4-2-1-3-13(14)21-19(24)23-18)16-10-9-15(28-16)11-5-7-12(8-6-11)25(26)27/h1-10,17H,(H3,20,21,22,23). The van der Waals surface area contributed by atoms with Gasteiger partial charge in [0, 0.05) is 17.7 Å². The van der Waals surface area contributed by atoms with Crippen molar-refractivity contribution < 1.29 is 9.34 Å². The third-order valence-corrected chi connectivity index (χ3v) is 4.59. The van der Waals surface area contributed by atoms with Crippen molar-refractivity contribution in [3.8, 4) is 11.3 Å². The number of nitro benzene ring substituents is 1. The summed E-state index contributed by atoms with van der Waals surface area (Å²) in [6.07, 6.45) is -0.504. The van der Waals surface area contributed by atoms with Crippen molar-refractivity contribution in [3.63, 3.8) is 0 Å². The van der Waals surface area contributed by atoms with Crippen LogP contribution in [0.1, 0.15) is 11.9 Å². The maximum Gasteiger partial charge on any atom is 0.269 e. The van der Waals surface area contributed by atoms with Gasteiger partial charge >= 0.3 is 0 Å². The van der Waals surface area contributed by atoms with E-state index in [-0.39, 0.29) is 11.6 Å². The molecule has 0 amide bonds. The molecule has 0 fully saturated rings. The highest BCUT2D eigenvalue weighted by atomic mass is 16.6. The number of anilines is 1. The van der Waals surface area contributed by atoms with E-state index < -0.39 is 11.1 Å². The molecular weight excluding hydrogens is 360 g/mol. The van der Waals surface area contributed by atoms with E-state index in [1.165, 1.54) is 12.1 Å². The van der Waals surface area contributed by atoms with Crippen LogP contribution in [0.4, 0.5) is 11.6 Å². The van der Waals surface area contributed by atoms with Gasteiger partial charge in [-0.25, -0.2) is 9.98 Å². The first-order valence-electron chi connectivity index (χ1n) is 8.52. The number of hydrogen-bond donors (Lipinski definition) is 2. The zero-order chi connectivity index (χ0) is 19.3. The lowest BCUT2D eigenvalue weighted by Gasteiger charge is -2.21. The van der Waals surface area contributed by atoms with E-state index in [1.54, 1.807) is 12.1 Å². The van der Waals surface area contributed by atoms with Gasteiger partial charge < -0.3 is 10.2 Å². The number of nitro groups is 1. The Bertz CT molecular complexity index is 1240. The summed E-state index contributed by atoms with van der Waals surface area (Å²) in [6, 6.07) is 17.5. The molecule has 1 atom stereocenters. The zero-order valence-corrected chi connectivity index (χ0v) is 14.4. The monoisotopic (exact) mass is 374 g/mol. The number of guanidine groups is 1. The van der Waals surface area contributed by atoms with E-state index in [1.807, 2.05) is 41.0 Å². The number of aromatic nitrogens is 2. The quantitative estimate of drug-likeness (QED) is 0.418. The Balaban J connectivity index is 1.57. The van der Waals surface area contributed by atoms with Gasteiger partial charge in [0.2, 0.25) is 5.95 Å². The molecule has 0 radical (unpaired) electrons. The summed E-state index contributed by atoms with van der Waals surface area (Å²) < 4.78 is 7.94. The molecule has 0 spiro atoms. The van der Waals surface area contributed by atoms with Crippen molar-refractivity contribution in [2.45, 2.75) is 6.17 Å². The van der Waals surface area contributed by atoms with Gasteiger partial charge in [-0.3, -0.25) is 20.0 Å². The molecule has 1 aliphatic rings. The highest BCUT2D eigenvalue weighted by Crippen LogP contribution is 2.35. The van der Waals surface area contributed by atoms with Gasteiger partial charge in [0.25, 0.3) is 5.69 Å². The van der Waals surface area contributed by atoms with Crippen LogP contribution in [-0.4, -0.2) is 20.4 Å². The Kier molecular flexibility index (Phi) is 3.41. The molecule has 1 unspecified atom stereocenters. The van der Waals surface area contributed by atoms with Crippen molar-refractivity contribution in [3.05, 3.63) is 76.5 Å². The predicted octanol–water partition coefficient (Wildman–Crippen LogP) is 3.49. The van der Waals surface area contributed by atoms with Crippen molar-refractivity contribution in [1.29, 1.82) is 0 Å². The van der Waals surface area contributed by atoms with Crippen LogP contribution < -0.4 is 11.1 Å². The van der Waals surface area contributed by atoms with E-state index in [9.17, 15) is 10.1 Å². The third kappa shape index (κ3) is 2.49. The average molecular weight is 374 g/mol. The number of non-ortho nitro benzene ring substituents is 1. The molecular formula is C19H14N6O3. The zero-order valence-electron chi connectivity index (χ0n) is 14.4. The van der Waals surface area contributed by atoms with Crippen LogP contribution in [0.25, 0.3) is 22.4 Å². The molecule has 2 aromatic heterocycles. The fourth-order valence-corrected chi connectivity index (χ4v) is 3.30. The summed E-state index contributed by atoms with van der Waals surface area (Å²) in [6.45, 7) is 0. The molecule has 4 aromatic rings. The maximum absolute atomic E-state index is 10.8. The number of para-hydroxylation sites is 2. The molecule has 0 saturated carbocycles. The Labute approximate surface area is 158 Å². The molecule has 9 heteroatoms. The highest BCUT2D eigenvalue weighted by Gasteiger charge is 2.27. The maximum atomic E-state index is 10.8. The Morgan fingerprint density at radius 3 is 2.68 bits per heavy atom. The van der Waals surface area contributed by atoms with Crippen molar-refractivity contribution in [2.75, 3.05) is 5.32 Å². The summed E-state index contributed by atoms with van der Waals surface area (Å²) >= 11 is 0. The number of fused-ring (bicyclic) bond motifs is 3. The minimum Gasteiger partial charge on any atom is -0.457 e. The SMILES string of the molecule is NC1=NC(c2ccc(-c3ccc([N+](=O)[O-])cc3)o2)n2c(nc3ccccc32)N1. The number of aliphatic imine (C=N–C) groups is 1. The first kappa shape index (κ1) is 16.1. The van der Waals surface area contributed by atoms with Crippen molar-refractivity contribution in [2.24, 2.45) is 10.7 Å². The second-order valence-corrected chi connectivity index (χ2v) is 6.31.